The van der Waals surface area contributed by atoms with Gasteiger partial charge >= 0.3 is 5.97 Å². The summed E-state index contributed by atoms with van der Waals surface area (Å²) in [5.41, 5.74) is 0. The standard InChI is InChI=1S/C12H24O4/c1-4-5-6-7-8-9-16-12(13)11(15-3)10-14-2/h11H,4-10H2,1-3H3/t11-/m1/s1. The monoisotopic (exact) mass is 232 g/mol. The summed E-state index contributed by atoms with van der Waals surface area (Å²) in [4.78, 5) is 11.4. The Morgan fingerprint density at radius 2 is 1.81 bits per heavy atom. The molecular formula is C12H24O4. The second-order valence-corrected chi connectivity index (χ2v) is 3.76. The van der Waals surface area contributed by atoms with E-state index in [1.54, 1.807) is 0 Å². The predicted octanol–water partition coefficient (Wildman–Crippen LogP) is 2.16. The molecule has 0 saturated heterocycles. The number of unbranched alkanes of at least 4 members (excludes halogenated alkanes) is 4. The van der Waals surface area contributed by atoms with E-state index in [-0.39, 0.29) is 12.6 Å². The third-order valence-electron chi connectivity index (χ3n) is 2.36. The van der Waals surface area contributed by atoms with Crippen molar-refractivity contribution in [2.45, 2.75) is 45.1 Å². The molecule has 0 aromatic heterocycles. The number of hydrogen-bond donors (Lipinski definition) is 0. The Labute approximate surface area is 98.3 Å². The molecule has 0 aliphatic heterocycles. The summed E-state index contributed by atoms with van der Waals surface area (Å²) in [7, 11) is 3.01. The zero-order valence-electron chi connectivity index (χ0n) is 10.7. The van der Waals surface area contributed by atoms with Gasteiger partial charge in [0.15, 0.2) is 6.10 Å². The highest BCUT2D eigenvalue weighted by molar-refractivity contribution is 5.74. The molecule has 0 spiro atoms. The minimum atomic E-state index is -0.597. The molecule has 0 unspecified atom stereocenters. The minimum Gasteiger partial charge on any atom is -0.464 e. The zero-order chi connectivity index (χ0) is 12.2. The largest absolute Gasteiger partial charge is 0.464 e. The predicted molar refractivity (Wildman–Crippen MR) is 62.4 cm³/mol. The van der Waals surface area contributed by atoms with Gasteiger partial charge in [-0.1, -0.05) is 32.6 Å². The highest BCUT2D eigenvalue weighted by atomic mass is 16.6. The maximum Gasteiger partial charge on any atom is 0.337 e. The molecular weight excluding hydrogens is 208 g/mol. The summed E-state index contributed by atoms with van der Waals surface area (Å²) in [5, 5.41) is 0. The molecule has 4 nitrogen and oxygen atoms in total. The molecule has 0 rings (SSSR count). The molecule has 0 aliphatic carbocycles. The van der Waals surface area contributed by atoms with Gasteiger partial charge in [-0.3, -0.25) is 0 Å². The van der Waals surface area contributed by atoms with Crippen LogP contribution in [0.5, 0.6) is 0 Å². The van der Waals surface area contributed by atoms with Gasteiger partial charge in [-0.05, 0) is 6.42 Å². The maximum atomic E-state index is 11.4. The van der Waals surface area contributed by atoms with Crippen LogP contribution < -0.4 is 0 Å². The van der Waals surface area contributed by atoms with Crippen molar-refractivity contribution in [3.63, 3.8) is 0 Å². The zero-order valence-corrected chi connectivity index (χ0v) is 10.7. The number of carbonyl (C=O) groups is 1. The van der Waals surface area contributed by atoms with Crippen LogP contribution in [-0.2, 0) is 19.0 Å². The molecule has 4 heteroatoms. The van der Waals surface area contributed by atoms with Crippen molar-refractivity contribution in [1.29, 1.82) is 0 Å². The number of esters is 1. The number of rotatable bonds is 10. The summed E-state index contributed by atoms with van der Waals surface area (Å²) < 4.78 is 14.9. The molecule has 0 aromatic carbocycles. The number of methoxy groups -OCH3 is 2. The van der Waals surface area contributed by atoms with Crippen LogP contribution in [0.25, 0.3) is 0 Å². The summed E-state index contributed by atoms with van der Waals surface area (Å²) in [6, 6.07) is 0. The highest BCUT2D eigenvalue weighted by Gasteiger charge is 2.18. The average molecular weight is 232 g/mol. The first-order valence-electron chi connectivity index (χ1n) is 5.94. The van der Waals surface area contributed by atoms with Crippen molar-refractivity contribution in [1.82, 2.24) is 0 Å². The Morgan fingerprint density at radius 3 is 2.38 bits per heavy atom. The average Bonchev–Trinajstić information content (AvgIpc) is 2.30. The van der Waals surface area contributed by atoms with E-state index >= 15 is 0 Å². The number of carbonyl (C=O) groups excluding carboxylic acids is 1. The van der Waals surface area contributed by atoms with Gasteiger partial charge in [0.1, 0.15) is 0 Å². The van der Waals surface area contributed by atoms with Crippen LogP contribution in [0.1, 0.15) is 39.0 Å². The lowest BCUT2D eigenvalue weighted by molar-refractivity contribution is -0.158. The van der Waals surface area contributed by atoms with Crippen molar-refractivity contribution in [2.75, 3.05) is 27.4 Å². The van der Waals surface area contributed by atoms with Gasteiger partial charge < -0.3 is 14.2 Å². The summed E-state index contributed by atoms with van der Waals surface area (Å²) >= 11 is 0. The van der Waals surface area contributed by atoms with Crippen molar-refractivity contribution in [3.05, 3.63) is 0 Å². The molecule has 0 radical (unpaired) electrons. The lowest BCUT2D eigenvalue weighted by Crippen LogP contribution is -2.30. The summed E-state index contributed by atoms with van der Waals surface area (Å²) in [6.07, 6.45) is 5.12. The molecule has 0 aromatic rings. The van der Waals surface area contributed by atoms with Crippen LogP contribution >= 0.6 is 0 Å². The summed E-state index contributed by atoms with van der Waals surface area (Å²) in [5.74, 6) is -0.333. The van der Waals surface area contributed by atoms with Crippen molar-refractivity contribution < 1.29 is 19.0 Å². The van der Waals surface area contributed by atoms with Crippen LogP contribution in [-0.4, -0.2) is 39.5 Å². The molecule has 0 heterocycles. The molecule has 96 valence electrons. The van der Waals surface area contributed by atoms with E-state index in [4.69, 9.17) is 14.2 Å². The maximum absolute atomic E-state index is 11.4. The van der Waals surface area contributed by atoms with E-state index < -0.39 is 6.10 Å². The van der Waals surface area contributed by atoms with E-state index in [2.05, 4.69) is 6.92 Å². The van der Waals surface area contributed by atoms with Gasteiger partial charge in [0.2, 0.25) is 0 Å². The number of ether oxygens (including phenoxy) is 3. The quantitative estimate of drug-likeness (QED) is 0.428. The fraction of sp³-hybridized carbons (Fsp3) is 0.917. The molecule has 16 heavy (non-hydrogen) atoms. The molecule has 0 fully saturated rings. The van der Waals surface area contributed by atoms with Gasteiger partial charge in [0.25, 0.3) is 0 Å². The van der Waals surface area contributed by atoms with Gasteiger partial charge in [-0.15, -0.1) is 0 Å². The fourth-order valence-corrected chi connectivity index (χ4v) is 1.36. The topological polar surface area (TPSA) is 44.8 Å². The van der Waals surface area contributed by atoms with Crippen LogP contribution in [0.2, 0.25) is 0 Å². The van der Waals surface area contributed by atoms with Crippen LogP contribution in [0.4, 0.5) is 0 Å². The Kier molecular flexibility index (Phi) is 10.5. The van der Waals surface area contributed by atoms with Crippen LogP contribution in [0, 0.1) is 0 Å². The van der Waals surface area contributed by atoms with E-state index in [1.165, 1.54) is 33.5 Å². The fourth-order valence-electron chi connectivity index (χ4n) is 1.36. The summed E-state index contributed by atoms with van der Waals surface area (Å²) in [6.45, 7) is 2.89. The minimum absolute atomic E-state index is 0.241. The molecule has 0 bridgehead atoms. The van der Waals surface area contributed by atoms with Gasteiger partial charge in [0, 0.05) is 14.2 Å². The van der Waals surface area contributed by atoms with Crippen LogP contribution in [0.3, 0.4) is 0 Å². The first-order valence-corrected chi connectivity index (χ1v) is 5.94. The van der Waals surface area contributed by atoms with E-state index in [1.807, 2.05) is 0 Å². The molecule has 0 aliphatic rings. The van der Waals surface area contributed by atoms with E-state index in [9.17, 15) is 4.79 Å². The molecule has 0 N–H and O–H groups in total. The number of hydrogen-bond acceptors (Lipinski definition) is 4. The van der Waals surface area contributed by atoms with Crippen LogP contribution in [0.15, 0.2) is 0 Å². The van der Waals surface area contributed by atoms with Gasteiger partial charge in [-0.2, -0.15) is 0 Å². The smallest absolute Gasteiger partial charge is 0.337 e. The second-order valence-electron chi connectivity index (χ2n) is 3.76. The van der Waals surface area contributed by atoms with E-state index in [0.29, 0.717) is 6.61 Å². The highest BCUT2D eigenvalue weighted by Crippen LogP contribution is 2.03. The third-order valence-corrected chi connectivity index (χ3v) is 2.36. The first kappa shape index (κ1) is 15.4. The first-order chi connectivity index (χ1) is 7.76. The lowest BCUT2D eigenvalue weighted by Gasteiger charge is -2.13. The SMILES string of the molecule is CCCCCCCOC(=O)[C@@H](COC)OC. The van der Waals surface area contributed by atoms with Crippen molar-refractivity contribution in [2.24, 2.45) is 0 Å². The Bertz CT molecular complexity index is 170. The van der Waals surface area contributed by atoms with E-state index in [0.717, 1.165) is 12.8 Å². The Balaban J connectivity index is 3.47. The van der Waals surface area contributed by atoms with Crippen molar-refractivity contribution >= 4 is 5.97 Å². The normalized spacial score (nSPS) is 12.4. The Morgan fingerprint density at radius 1 is 1.12 bits per heavy atom. The second kappa shape index (κ2) is 10.9. The molecule has 0 saturated carbocycles. The molecule has 0 amide bonds. The third kappa shape index (κ3) is 7.65. The van der Waals surface area contributed by atoms with Gasteiger partial charge in [0.05, 0.1) is 13.2 Å². The van der Waals surface area contributed by atoms with Crippen molar-refractivity contribution in [3.8, 4) is 0 Å². The Hall–Kier alpha value is -0.610. The lowest BCUT2D eigenvalue weighted by atomic mass is 10.2. The molecule has 1 atom stereocenters. The van der Waals surface area contributed by atoms with Gasteiger partial charge in [-0.25, -0.2) is 4.79 Å².